The van der Waals surface area contributed by atoms with Crippen LogP contribution in [0.1, 0.15) is 5.56 Å². The van der Waals surface area contributed by atoms with Crippen molar-refractivity contribution in [1.29, 1.82) is 0 Å². The molecule has 1 aromatic carbocycles. The SMILES string of the molecule is O=c1nc2c(c(-c3ccc(Cl)cc3Cl)[nH]1)CCN2. The summed E-state index contributed by atoms with van der Waals surface area (Å²) in [5, 5.41) is 4.16. The highest BCUT2D eigenvalue weighted by atomic mass is 35.5. The van der Waals surface area contributed by atoms with Crippen molar-refractivity contribution in [2.45, 2.75) is 6.42 Å². The number of nitrogens with zero attached hydrogens (tertiary/aromatic N) is 1. The molecule has 1 aliphatic rings. The lowest BCUT2D eigenvalue weighted by molar-refractivity contribution is 1.06. The molecule has 0 atom stereocenters. The first-order valence-corrected chi connectivity index (χ1v) is 6.23. The molecule has 6 heteroatoms. The summed E-state index contributed by atoms with van der Waals surface area (Å²) in [6.45, 7) is 0.776. The van der Waals surface area contributed by atoms with Gasteiger partial charge in [-0.2, -0.15) is 4.98 Å². The molecule has 2 heterocycles. The van der Waals surface area contributed by atoms with E-state index in [2.05, 4.69) is 15.3 Å². The molecule has 0 aliphatic carbocycles. The average Bonchev–Trinajstić information content (AvgIpc) is 2.76. The van der Waals surface area contributed by atoms with Crippen LogP contribution in [0.3, 0.4) is 0 Å². The van der Waals surface area contributed by atoms with Crippen molar-refractivity contribution < 1.29 is 0 Å². The summed E-state index contributed by atoms with van der Waals surface area (Å²) in [6, 6.07) is 5.21. The first kappa shape index (κ1) is 11.6. The van der Waals surface area contributed by atoms with Crippen molar-refractivity contribution in [3.8, 4) is 11.3 Å². The second-order valence-electron chi connectivity index (χ2n) is 4.05. The number of H-pyrrole nitrogens is 1. The molecule has 0 bridgehead atoms. The third-order valence-electron chi connectivity index (χ3n) is 2.90. The number of aromatic amines is 1. The minimum atomic E-state index is -0.385. The Balaban J connectivity index is 2.26. The Bertz CT molecular complexity index is 682. The highest BCUT2D eigenvalue weighted by molar-refractivity contribution is 6.36. The van der Waals surface area contributed by atoms with E-state index in [4.69, 9.17) is 23.2 Å². The van der Waals surface area contributed by atoms with Crippen molar-refractivity contribution in [1.82, 2.24) is 9.97 Å². The van der Waals surface area contributed by atoms with Crippen molar-refractivity contribution in [2.24, 2.45) is 0 Å². The maximum atomic E-state index is 11.5. The lowest BCUT2D eigenvalue weighted by Crippen LogP contribution is -2.13. The molecule has 0 saturated heterocycles. The van der Waals surface area contributed by atoms with E-state index in [1.807, 2.05) is 0 Å². The summed E-state index contributed by atoms with van der Waals surface area (Å²) in [7, 11) is 0. The standard InChI is InChI=1S/C12H9Cl2N3O/c13-6-1-2-7(9(14)5-6)10-8-3-4-15-11(8)17-12(18)16-10/h1-2,5H,3-4H2,(H2,15,16,17,18). The van der Waals surface area contributed by atoms with Gasteiger partial charge < -0.3 is 10.3 Å². The molecule has 92 valence electrons. The number of halogens is 2. The Kier molecular flexibility index (Phi) is 2.76. The van der Waals surface area contributed by atoms with Gasteiger partial charge in [0, 0.05) is 22.7 Å². The zero-order valence-electron chi connectivity index (χ0n) is 9.26. The van der Waals surface area contributed by atoms with Crippen LogP contribution in [0.5, 0.6) is 0 Å². The molecule has 2 aromatic rings. The average molecular weight is 282 g/mol. The highest BCUT2D eigenvalue weighted by Gasteiger charge is 2.19. The molecule has 1 aromatic heterocycles. The molecule has 1 aliphatic heterocycles. The maximum absolute atomic E-state index is 11.5. The van der Waals surface area contributed by atoms with Crippen LogP contribution in [0.2, 0.25) is 10.0 Å². The van der Waals surface area contributed by atoms with Crippen LogP contribution in [-0.2, 0) is 6.42 Å². The van der Waals surface area contributed by atoms with Crippen LogP contribution in [0, 0.1) is 0 Å². The van der Waals surface area contributed by atoms with Crippen molar-refractivity contribution in [2.75, 3.05) is 11.9 Å². The number of hydrogen-bond donors (Lipinski definition) is 2. The van der Waals surface area contributed by atoms with E-state index in [0.717, 1.165) is 29.8 Å². The molecule has 0 unspecified atom stereocenters. The van der Waals surface area contributed by atoms with E-state index < -0.39 is 0 Å². The van der Waals surface area contributed by atoms with Gasteiger partial charge in [0.05, 0.1) is 10.7 Å². The fourth-order valence-electron chi connectivity index (χ4n) is 2.12. The van der Waals surface area contributed by atoms with E-state index >= 15 is 0 Å². The van der Waals surface area contributed by atoms with Gasteiger partial charge in [0.2, 0.25) is 0 Å². The van der Waals surface area contributed by atoms with Crippen LogP contribution in [0.4, 0.5) is 5.82 Å². The number of nitrogens with one attached hydrogen (secondary N) is 2. The largest absolute Gasteiger partial charge is 0.369 e. The molecule has 2 N–H and O–H groups in total. The quantitative estimate of drug-likeness (QED) is 0.845. The third kappa shape index (κ3) is 1.87. The van der Waals surface area contributed by atoms with Gasteiger partial charge in [-0.3, -0.25) is 0 Å². The Labute approximate surface area is 113 Å². The second kappa shape index (κ2) is 4.30. The molecule has 0 amide bonds. The van der Waals surface area contributed by atoms with Gasteiger partial charge >= 0.3 is 5.69 Å². The van der Waals surface area contributed by atoms with E-state index in [1.165, 1.54) is 0 Å². The van der Waals surface area contributed by atoms with Crippen molar-refractivity contribution in [3.63, 3.8) is 0 Å². The lowest BCUT2D eigenvalue weighted by atomic mass is 10.1. The molecular formula is C12H9Cl2N3O. The first-order chi connectivity index (χ1) is 8.65. The fraction of sp³-hybridized carbons (Fsp3) is 0.167. The van der Waals surface area contributed by atoms with Crippen molar-refractivity contribution in [3.05, 3.63) is 44.3 Å². The molecule has 0 saturated carbocycles. The monoisotopic (exact) mass is 281 g/mol. The van der Waals surface area contributed by atoms with Crippen LogP contribution in [-0.4, -0.2) is 16.5 Å². The zero-order chi connectivity index (χ0) is 12.7. The zero-order valence-corrected chi connectivity index (χ0v) is 10.8. The van der Waals surface area contributed by atoms with Crippen molar-refractivity contribution >= 4 is 29.0 Å². The molecular weight excluding hydrogens is 273 g/mol. The fourth-order valence-corrected chi connectivity index (χ4v) is 2.62. The molecule has 4 nitrogen and oxygen atoms in total. The van der Waals surface area contributed by atoms with E-state index in [9.17, 15) is 4.79 Å². The number of rotatable bonds is 1. The summed E-state index contributed by atoms with van der Waals surface area (Å²) < 4.78 is 0. The van der Waals surface area contributed by atoms with Crippen LogP contribution >= 0.6 is 23.2 Å². The van der Waals surface area contributed by atoms with Gasteiger partial charge in [-0.1, -0.05) is 23.2 Å². The smallest absolute Gasteiger partial charge is 0.347 e. The summed E-state index contributed by atoms with van der Waals surface area (Å²) in [5.41, 5.74) is 2.08. The Morgan fingerprint density at radius 3 is 2.89 bits per heavy atom. The van der Waals surface area contributed by atoms with Crippen LogP contribution in [0.15, 0.2) is 23.0 Å². The second-order valence-corrected chi connectivity index (χ2v) is 4.89. The van der Waals surface area contributed by atoms with Gasteiger partial charge in [-0.05, 0) is 24.6 Å². The summed E-state index contributed by atoms with van der Waals surface area (Å²) >= 11 is 12.0. The number of benzene rings is 1. The number of aromatic nitrogens is 2. The molecule has 18 heavy (non-hydrogen) atoms. The van der Waals surface area contributed by atoms with Gasteiger partial charge in [-0.15, -0.1) is 0 Å². The molecule has 3 rings (SSSR count). The minimum Gasteiger partial charge on any atom is -0.369 e. The summed E-state index contributed by atoms with van der Waals surface area (Å²) in [4.78, 5) is 18.2. The molecule has 0 radical (unpaired) electrons. The highest BCUT2D eigenvalue weighted by Crippen LogP contribution is 2.34. The lowest BCUT2D eigenvalue weighted by Gasteiger charge is -2.08. The molecule has 0 fully saturated rings. The van der Waals surface area contributed by atoms with Crippen LogP contribution < -0.4 is 11.0 Å². The predicted molar refractivity (Wildman–Crippen MR) is 72.5 cm³/mol. The van der Waals surface area contributed by atoms with Gasteiger partial charge in [-0.25, -0.2) is 4.79 Å². The molecule has 0 spiro atoms. The normalized spacial score (nSPS) is 13.2. The predicted octanol–water partition coefficient (Wildman–Crippen LogP) is 2.71. The Morgan fingerprint density at radius 1 is 1.28 bits per heavy atom. The van der Waals surface area contributed by atoms with E-state index in [1.54, 1.807) is 18.2 Å². The van der Waals surface area contributed by atoms with Gasteiger partial charge in [0.15, 0.2) is 0 Å². The Hall–Kier alpha value is -1.52. The summed E-state index contributed by atoms with van der Waals surface area (Å²) in [5.74, 6) is 0.639. The maximum Gasteiger partial charge on any atom is 0.347 e. The number of anilines is 1. The first-order valence-electron chi connectivity index (χ1n) is 5.47. The van der Waals surface area contributed by atoms with Crippen LogP contribution in [0.25, 0.3) is 11.3 Å². The number of fused-ring (bicyclic) bond motifs is 1. The topological polar surface area (TPSA) is 57.8 Å². The van der Waals surface area contributed by atoms with Gasteiger partial charge in [0.25, 0.3) is 0 Å². The van der Waals surface area contributed by atoms with E-state index in [-0.39, 0.29) is 5.69 Å². The van der Waals surface area contributed by atoms with E-state index in [0.29, 0.717) is 15.9 Å². The van der Waals surface area contributed by atoms with Gasteiger partial charge in [0.1, 0.15) is 5.82 Å². The number of hydrogen-bond acceptors (Lipinski definition) is 3. The third-order valence-corrected chi connectivity index (χ3v) is 3.45. The Morgan fingerprint density at radius 2 is 2.11 bits per heavy atom. The summed E-state index contributed by atoms with van der Waals surface area (Å²) in [6.07, 6.45) is 0.813. The minimum absolute atomic E-state index is 0.385.